The highest BCUT2D eigenvalue weighted by molar-refractivity contribution is 6.06. The maximum absolute atomic E-state index is 13.7. The molecule has 1 aliphatic rings. The Hall–Kier alpha value is -3.29. The van der Waals surface area contributed by atoms with Gasteiger partial charge in [-0.25, -0.2) is 8.78 Å². The molecule has 0 aliphatic carbocycles. The number of fused-ring (bicyclic) bond motifs is 1. The predicted molar refractivity (Wildman–Crippen MR) is 93.9 cm³/mol. The van der Waals surface area contributed by atoms with E-state index >= 15 is 0 Å². The van der Waals surface area contributed by atoms with E-state index in [2.05, 4.69) is 5.32 Å². The SMILES string of the molecule is CCC(=O)c1ccc2c(c1)N(CC(=O)Nc1cc(F)ccc1F)C(=O)CO2. The Morgan fingerprint density at radius 2 is 1.96 bits per heavy atom. The molecule has 0 fully saturated rings. The summed E-state index contributed by atoms with van der Waals surface area (Å²) in [5, 5.41) is 2.24. The zero-order valence-corrected chi connectivity index (χ0v) is 14.4. The van der Waals surface area contributed by atoms with E-state index in [0.717, 1.165) is 23.1 Å². The number of anilines is 2. The number of ketones is 1. The first-order valence-corrected chi connectivity index (χ1v) is 8.24. The normalized spacial score (nSPS) is 13.0. The third kappa shape index (κ3) is 3.94. The molecule has 2 aromatic carbocycles. The lowest BCUT2D eigenvalue weighted by Crippen LogP contribution is -2.43. The first kappa shape index (κ1) is 18.5. The molecule has 3 rings (SSSR count). The Morgan fingerprint density at radius 3 is 2.70 bits per heavy atom. The molecule has 2 aromatic rings. The second-order valence-corrected chi connectivity index (χ2v) is 5.90. The fourth-order valence-corrected chi connectivity index (χ4v) is 2.68. The van der Waals surface area contributed by atoms with E-state index in [0.29, 0.717) is 11.3 Å². The number of carbonyl (C=O) groups is 3. The summed E-state index contributed by atoms with van der Waals surface area (Å²) in [5.41, 5.74) is 0.340. The molecule has 0 saturated heterocycles. The van der Waals surface area contributed by atoms with Gasteiger partial charge in [0.2, 0.25) is 5.91 Å². The topological polar surface area (TPSA) is 75.7 Å². The third-order valence-electron chi connectivity index (χ3n) is 4.05. The average molecular weight is 374 g/mol. The summed E-state index contributed by atoms with van der Waals surface area (Å²) in [7, 11) is 0. The Bertz CT molecular complexity index is 930. The van der Waals surface area contributed by atoms with E-state index in [1.807, 2.05) is 0 Å². The van der Waals surface area contributed by atoms with Crippen LogP contribution in [0.4, 0.5) is 20.2 Å². The highest BCUT2D eigenvalue weighted by Crippen LogP contribution is 2.33. The summed E-state index contributed by atoms with van der Waals surface area (Å²) in [6.07, 6.45) is 0.285. The number of nitrogens with zero attached hydrogens (tertiary/aromatic N) is 1. The molecule has 2 amide bonds. The Morgan fingerprint density at radius 1 is 1.19 bits per heavy atom. The van der Waals surface area contributed by atoms with Gasteiger partial charge in [0, 0.05) is 18.1 Å². The van der Waals surface area contributed by atoms with E-state index < -0.39 is 30.0 Å². The first-order valence-electron chi connectivity index (χ1n) is 8.24. The summed E-state index contributed by atoms with van der Waals surface area (Å²) in [4.78, 5) is 37.6. The molecule has 0 radical (unpaired) electrons. The van der Waals surface area contributed by atoms with Gasteiger partial charge < -0.3 is 10.1 Å². The van der Waals surface area contributed by atoms with E-state index in [9.17, 15) is 23.2 Å². The maximum atomic E-state index is 13.7. The fourth-order valence-electron chi connectivity index (χ4n) is 2.68. The zero-order valence-electron chi connectivity index (χ0n) is 14.4. The maximum Gasteiger partial charge on any atom is 0.265 e. The smallest absolute Gasteiger partial charge is 0.265 e. The van der Waals surface area contributed by atoms with Crippen LogP contribution < -0.4 is 15.0 Å². The van der Waals surface area contributed by atoms with Crippen molar-refractivity contribution in [3.63, 3.8) is 0 Å². The number of Topliss-reactive ketones (excluding diaryl/α,β-unsaturated/α-hetero) is 1. The van der Waals surface area contributed by atoms with Gasteiger partial charge in [-0.3, -0.25) is 19.3 Å². The van der Waals surface area contributed by atoms with Gasteiger partial charge in [0.25, 0.3) is 5.91 Å². The number of carbonyl (C=O) groups excluding carboxylic acids is 3. The molecule has 140 valence electrons. The van der Waals surface area contributed by atoms with Crippen molar-refractivity contribution in [1.29, 1.82) is 0 Å². The van der Waals surface area contributed by atoms with Crippen LogP contribution >= 0.6 is 0 Å². The minimum absolute atomic E-state index is 0.123. The van der Waals surface area contributed by atoms with E-state index in [1.54, 1.807) is 19.1 Å². The lowest BCUT2D eigenvalue weighted by atomic mass is 10.1. The fraction of sp³-hybridized carbons (Fsp3) is 0.211. The summed E-state index contributed by atoms with van der Waals surface area (Å²) >= 11 is 0. The molecule has 0 saturated carbocycles. The van der Waals surface area contributed by atoms with E-state index in [-0.39, 0.29) is 30.2 Å². The van der Waals surface area contributed by atoms with Crippen molar-refractivity contribution in [2.24, 2.45) is 0 Å². The van der Waals surface area contributed by atoms with Gasteiger partial charge >= 0.3 is 0 Å². The van der Waals surface area contributed by atoms with Gasteiger partial charge in [0.15, 0.2) is 12.4 Å². The lowest BCUT2D eigenvalue weighted by molar-refractivity contribution is -0.123. The molecular weight excluding hydrogens is 358 g/mol. The Balaban J connectivity index is 1.84. The minimum atomic E-state index is -0.797. The second kappa shape index (κ2) is 7.53. The number of rotatable bonds is 5. The van der Waals surface area contributed by atoms with Gasteiger partial charge in [0.1, 0.15) is 23.9 Å². The zero-order chi connectivity index (χ0) is 19.6. The van der Waals surface area contributed by atoms with Crippen LogP contribution in [0.15, 0.2) is 36.4 Å². The average Bonchev–Trinajstić information content (AvgIpc) is 2.66. The molecule has 0 bridgehead atoms. The molecular formula is C19H16F2N2O4. The van der Waals surface area contributed by atoms with E-state index in [1.165, 1.54) is 6.07 Å². The molecule has 0 aromatic heterocycles. The van der Waals surface area contributed by atoms with Crippen LogP contribution in [-0.2, 0) is 9.59 Å². The van der Waals surface area contributed by atoms with Crippen molar-refractivity contribution in [2.45, 2.75) is 13.3 Å². The number of halogens is 2. The van der Waals surface area contributed by atoms with Gasteiger partial charge in [-0.15, -0.1) is 0 Å². The van der Waals surface area contributed by atoms with Crippen molar-refractivity contribution in [3.8, 4) is 5.75 Å². The van der Waals surface area contributed by atoms with Crippen molar-refractivity contribution in [1.82, 2.24) is 0 Å². The van der Waals surface area contributed by atoms with Crippen molar-refractivity contribution in [3.05, 3.63) is 53.6 Å². The number of ether oxygens (including phenoxy) is 1. The quantitative estimate of drug-likeness (QED) is 0.817. The van der Waals surface area contributed by atoms with Crippen molar-refractivity contribution >= 4 is 29.0 Å². The van der Waals surface area contributed by atoms with Crippen molar-refractivity contribution in [2.75, 3.05) is 23.4 Å². The van der Waals surface area contributed by atoms with Crippen LogP contribution in [0, 0.1) is 11.6 Å². The summed E-state index contributed by atoms with van der Waals surface area (Å²) in [6.45, 7) is 1.01. The highest BCUT2D eigenvalue weighted by atomic mass is 19.1. The summed E-state index contributed by atoms with van der Waals surface area (Å²) < 4.78 is 32.2. The van der Waals surface area contributed by atoms with Crippen LogP contribution in [0.5, 0.6) is 5.75 Å². The first-order chi connectivity index (χ1) is 12.9. The van der Waals surface area contributed by atoms with Gasteiger partial charge in [-0.05, 0) is 30.3 Å². The number of hydrogen-bond acceptors (Lipinski definition) is 4. The molecule has 0 spiro atoms. The van der Waals surface area contributed by atoms with Crippen LogP contribution in [-0.4, -0.2) is 30.7 Å². The number of amides is 2. The number of benzene rings is 2. The Kier molecular flexibility index (Phi) is 5.16. The molecule has 1 aliphatic heterocycles. The summed E-state index contributed by atoms with van der Waals surface area (Å²) in [6, 6.07) is 7.29. The van der Waals surface area contributed by atoms with Crippen molar-refractivity contribution < 1.29 is 27.9 Å². The molecule has 6 nitrogen and oxygen atoms in total. The highest BCUT2D eigenvalue weighted by Gasteiger charge is 2.28. The van der Waals surface area contributed by atoms with E-state index in [4.69, 9.17) is 4.74 Å². The lowest BCUT2D eigenvalue weighted by Gasteiger charge is -2.29. The summed E-state index contributed by atoms with van der Waals surface area (Å²) in [5.74, 6) is -2.48. The molecule has 0 unspecified atom stereocenters. The van der Waals surface area contributed by atoms with Gasteiger partial charge in [-0.2, -0.15) is 0 Å². The van der Waals surface area contributed by atoms with Crippen LogP contribution in [0.25, 0.3) is 0 Å². The number of hydrogen-bond donors (Lipinski definition) is 1. The van der Waals surface area contributed by atoms with Gasteiger partial charge in [-0.1, -0.05) is 6.92 Å². The molecule has 8 heteroatoms. The molecule has 0 atom stereocenters. The Labute approximate surface area is 153 Å². The standard InChI is InChI=1S/C19H16F2N2O4/c1-2-16(24)11-3-6-17-15(7-11)23(19(26)10-27-17)9-18(25)22-14-8-12(20)4-5-13(14)21/h3-8H,2,9-10H2,1H3,(H,22,25). The minimum Gasteiger partial charge on any atom is -0.482 e. The molecule has 1 heterocycles. The monoisotopic (exact) mass is 374 g/mol. The van der Waals surface area contributed by atoms with Crippen LogP contribution in [0.3, 0.4) is 0 Å². The predicted octanol–water partition coefficient (Wildman–Crippen LogP) is 2.92. The third-order valence-corrected chi connectivity index (χ3v) is 4.05. The van der Waals surface area contributed by atoms with Gasteiger partial charge in [0.05, 0.1) is 11.4 Å². The van der Waals surface area contributed by atoms with Crippen LogP contribution in [0.1, 0.15) is 23.7 Å². The molecule has 1 N–H and O–H groups in total. The molecule has 27 heavy (non-hydrogen) atoms. The largest absolute Gasteiger partial charge is 0.482 e. The number of nitrogens with one attached hydrogen (secondary N) is 1. The van der Waals surface area contributed by atoms with Crippen LogP contribution in [0.2, 0.25) is 0 Å². The second-order valence-electron chi connectivity index (χ2n) is 5.90.